The van der Waals surface area contributed by atoms with Gasteiger partial charge >= 0.3 is 0 Å². The van der Waals surface area contributed by atoms with Crippen LogP contribution in [0.3, 0.4) is 0 Å². The van der Waals surface area contributed by atoms with Gasteiger partial charge in [-0.2, -0.15) is 0 Å². The number of hydrogen-bond donors (Lipinski definition) is 0. The Balaban J connectivity index is 1.81. The Morgan fingerprint density at radius 3 is 2.58 bits per heavy atom. The van der Waals surface area contributed by atoms with Gasteiger partial charge in [-0.25, -0.2) is 0 Å². The molecule has 0 bridgehead atoms. The first-order valence-corrected chi connectivity index (χ1v) is 7.11. The summed E-state index contributed by atoms with van der Waals surface area (Å²) in [7, 11) is 0. The van der Waals surface area contributed by atoms with Gasteiger partial charge in [-0.3, -0.25) is 4.79 Å². The van der Waals surface area contributed by atoms with Crippen LogP contribution in [0.4, 0.5) is 0 Å². The molecular weight excluding hydrogens is 240 g/mol. The van der Waals surface area contributed by atoms with E-state index in [1.807, 2.05) is 24.3 Å². The number of Topliss-reactive ketones (excluding diaryl/α,β-unsaturated/α-hetero) is 1. The van der Waals surface area contributed by atoms with E-state index in [9.17, 15) is 4.79 Å². The number of benzene rings is 1. The van der Waals surface area contributed by atoms with E-state index in [0.29, 0.717) is 0 Å². The Hall–Kier alpha value is -1.19. The second-order valence-corrected chi connectivity index (χ2v) is 4.99. The van der Waals surface area contributed by atoms with E-state index in [4.69, 9.17) is 9.47 Å². The van der Waals surface area contributed by atoms with Gasteiger partial charge in [0, 0.05) is 18.8 Å². The van der Waals surface area contributed by atoms with E-state index in [2.05, 4.69) is 6.92 Å². The highest BCUT2D eigenvalue weighted by Gasteiger charge is 2.16. The molecule has 0 spiro atoms. The summed E-state index contributed by atoms with van der Waals surface area (Å²) in [5, 5.41) is 0. The Kier molecular flexibility index (Phi) is 5.55. The van der Waals surface area contributed by atoms with E-state index in [1.54, 1.807) is 0 Å². The summed E-state index contributed by atoms with van der Waals surface area (Å²) in [5.74, 6) is 0.0644. The summed E-state index contributed by atoms with van der Waals surface area (Å²) in [6.45, 7) is 3.81. The lowest BCUT2D eigenvalue weighted by Crippen LogP contribution is -2.25. The molecule has 1 aliphatic heterocycles. The van der Waals surface area contributed by atoms with Gasteiger partial charge in [0.2, 0.25) is 0 Å². The summed E-state index contributed by atoms with van der Waals surface area (Å²) in [4.78, 5) is 12.0. The van der Waals surface area contributed by atoms with Gasteiger partial charge in [-0.15, -0.1) is 0 Å². The molecule has 0 aromatic heterocycles. The quantitative estimate of drug-likeness (QED) is 0.739. The molecule has 104 valence electrons. The topological polar surface area (TPSA) is 35.5 Å². The maximum absolute atomic E-state index is 12.0. The SMILES string of the molecule is CCCc1ccc(C(=O)COC2CCOCC2)cc1. The molecule has 1 aliphatic rings. The van der Waals surface area contributed by atoms with Crippen LogP contribution in [-0.4, -0.2) is 31.7 Å². The number of carbonyl (C=O) groups excluding carboxylic acids is 1. The highest BCUT2D eigenvalue weighted by atomic mass is 16.5. The average Bonchev–Trinajstić information content (AvgIpc) is 2.47. The fraction of sp³-hybridized carbons (Fsp3) is 0.562. The lowest BCUT2D eigenvalue weighted by molar-refractivity contribution is -0.0262. The van der Waals surface area contributed by atoms with Crippen molar-refractivity contribution in [3.8, 4) is 0 Å². The highest BCUT2D eigenvalue weighted by Crippen LogP contribution is 2.12. The highest BCUT2D eigenvalue weighted by molar-refractivity contribution is 5.97. The zero-order valence-corrected chi connectivity index (χ0v) is 11.6. The number of ketones is 1. The van der Waals surface area contributed by atoms with Gasteiger partial charge in [-0.05, 0) is 24.8 Å². The van der Waals surface area contributed by atoms with Crippen molar-refractivity contribution in [3.63, 3.8) is 0 Å². The van der Waals surface area contributed by atoms with Crippen molar-refractivity contribution < 1.29 is 14.3 Å². The molecule has 0 N–H and O–H groups in total. The first-order chi connectivity index (χ1) is 9.29. The fourth-order valence-electron chi connectivity index (χ4n) is 2.27. The lowest BCUT2D eigenvalue weighted by atomic mass is 10.1. The van der Waals surface area contributed by atoms with Crippen LogP contribution in [0.15, 0.2) is 24.3 Å². The molecule has 2 rings (SSSR count). The largest absolute Gasteiger partial charge is 0.381 e. The molecule has 19 heavy (non-hydrogen) atoms. The first kappa shape index (κ1) is 14.2. The molecule has 0 radical (unpaired) electrons. The monoisotopic (exact) mass is 262 g/mol. The molecule has 0 atom stereocenters. The van der Waals surface area contributed by atoms with Crippen LogP contribution in [0.25, 0.3) is 0 Å². The van der Waals surface area contributed by atoms with Gasteiger partial charge in [-0.1, -0.05) is 37.6 Å². The fourth-order valence-corrected chi connectivity index (χ4v) is 2.27. The minimum atomic E-state index is 0.0644. The van der Waals surface area contributed by atoms with Crippen molar-refractivity contribution >= 4 is 5.78 Å². The van der Waals surface area contributed by atoms with Crippen LogP contribution < -0.4 is 0 Å². The third-order valence-electron chi connectivity index (χ3n) is 3.43. The van der Waals surface area contributed by atoms with Crippen LogP contribution in [-0.2, 0) is 15.9 Å². The molecule has 0 unspecified atom stereocenters. The second-order valence-electron chi connectivity index (χ2n) is 4.99. The Morgan fingerprint density at radius 1 is 1.26 bits per heavy atom. The number of hydrogen-bond acceptors (Lipinski definition) is 3. The van der Waals surface area contributed by atoms with Crippen molar-refractivity contribution in [1.29, 1.82) is 0 Å². The summed E-state index contributed by atoms with van der Waals surface area (Å²) >= 11 is 0. The average molecular weight is 262 g/mol. The summed E-state index contributed by atoms with van der Waals surface area (Å²) in [6, 6.07) is 7.87. The van der Waals surface area contributed by atoms with E-state index in [0.717, 1.165) is 44.5 Å². The molecule has 0 amide bonds. The number of carbonyl (C=O) groups is 1. The second kappa shape index (κ2) is 7.41. The molecule has 3 heteroatoms. The summed E-state index contributed by atoms with van der Waals surface area (Å²) in [5.41, 5.74) is 2.02. The van der Waals surface area contributed by atoms with Crippen LogP contribution in [0, 0.1) is 0 Å². The van der Waals surface area contributed by atoms with Gasteiger partial charge in [0.25, 0.3) is 0 Å². The zero-order valence-electron chi connectivity index (χ0n) is 11.6. The summed E-state index contributed by atoms with van der Waals surface area (Å²) in [6.07, 6.45) is 4.15. The van der Waals surface area contributed by atoms with Gasteiger partial charge in [0.15, 0.2) is 5.78 Å². The van der Waals surface area contributed by atoms with Gasteiger partial charge < -0.3 is 9.47 Å². The van der Waals surface area contributed by atoms with Gasteiger partial charge in [0.1, 0.15) is 6.61 Å². The van der Waals surface area contributed by atoms with Crippen molar-refractivity contribution in [3.05, 3.63) is 35.4 Å². The van der Waals surface area contributed by atoms with Gasteiger partial charge in [0.05, 0.1) is 6.10 Å². The molecule has 1 saturated heterocycles. The molecule has 1 aromatic rings. The lowest BCUT2D eigenvalue weighted by Gasteiger charge is -2.21. The molecule has 0 saturated carbocycles. The zero-order chi connectivity index (χ0) is 13.5. The number of aryl methyl sites for hydroxylation is 1. The predicted molar refractivity (Wildman–Crippen MR) is 74.6 cm³/mol. The maximum atomic E-state index is 12.0. The van der Waals surface area contributed by atoms with E-state index in [-0.39, 0.29) is 18.5 Å². The van der Waals surface area contributed by atoms with Crippen molar-refractivity contribution in [2.24, 2.45) is 0 Å². The Labute approximate surface area is 114 Å². The minimum Gasteiger partial charge on any atom is -0.381 e. The molecule has 3 nitrogen and oxygen atoms in total. The van der Waals surface area contributed by atoms with Crippen molar-refractivity contribution in [2.45, 2.75) is 38.7 Å². The third-order valence-corrected chi connectivity index (χ3v) is 3.43. The van der Waals surface area contributed by atoms with Crippen molar-refractivity contribution in [2.75, 3.05) is 19.8 Å². The first-order valence-electron chi connectivity index (χ1n) is 7.11. The predicted octanol–water partition coefficient (Wildman–Crippen LogP) is 3.02. The summed E-state index contributed by atoms with van der Waals surface area (Å²) < 4.78 is 10.9. The van der Waals surface area contributed by atoms with Crippen LogP contribution in [0.1, 0.15) is 42.1 Å². The molecular formula is C16H22O3. The third kappa shape index (κ3) is 4.44. The van der Waals surface area contributed by atoms with Crippen LogP contribution in [0.2, 0.25) is 0 Å². The maximum Gasteiger partial charge on any atom is 0.188 e. The molecule has 1 aromatic carbocycles. The Morgan fingerprint density at radius 2 is 1.95 bits per heavy atom. The number of rotatable bonds is 6. The Bertz CT molecular complexity index is 391. The minimum absolute atomic E-state index is 0.0644. The van der Waals surface area contributed by atoms with E-state index in [1.165, 1.54) is 5.56 Å². The smallest absolute Gasteiger partial charge is 0.188 e. The van der Waals surface area contributed by atoms with Crippen molar-refractivity contribution in [1.82, 2.24) is 0 Å². The normalized spacial score (nSPS) is 16.5. The number of ether oxygens (including phenoxy) is 2. The van der Waals surface area contributed by atoms with Crippen LogP contribution in [0.5, 0.6) is 0 Å². The standard InChI is InChI=1S/C16H22O3/c1-2-3-13-4-6-14(7-5-13)16(17)12-19-15-8-10-18-11-9-15/h4-7,15H,2-3,8-12H2,1H3. The van der Waals surface area contributed by atoms with Crippen LogP contribution >= 0.6 is 0 Å². The molecule has 0 aliphatic carbocycles. The van der Waals surface area contributed by atoms with E-state index >= 15 is 0 Å². The van der Waals surface area contributed by atoms with E-state index < -0.39 is 0 Å². The molecule has 1 fully saturated rings. The molecule has 1 heterocycles.